The van der Waals surface area contributed by atoms with Gasteiger partial charge >= 0.3 is 6.09 Å². The van der Waals surface area contributed by atoms with Crippen LogP contribution in [0.3, 0.4) is 0 Å². The molecule has 0 bridgehead atoms. The summed E-state index contributed by atoms with van der Waals surface area (Å²) in [5, 5.41) is 6.14. The first kappa shape index (κ1) is 30.2. The van der Waals surface area contributed by atoms with Gasteiger partial charge in [0.05, 0.1) is 24.0 Å². The molecule has 3 aromatic rings. The van der Waals surface area contributed by atoms with Gasteiger partial charge < -0.3 is 20.1 Å². The maximum atomic E-state index is 13.6. The summed E-state index contributed by atoms with van der Waals surface area (Å²) in [6, 6.07) is 9.79. The van der Waals surface area contributed by atoms with Crippen molar-refractivity contribution in [2.24, 2.45) is 5.92 Å². The van der Waals surface area contributed by atoms with Crippen LogP contribution in [0.4, 0.5) is 9.93 Å². The number of carbonyl (C=O) groups is 2. The molecule has 5 rings (SSSR count). The Morgan fingerprint density at radius 1 is 1.07 bits per heavy atom. The standard InChI is InChI=1S/C29H37N5O6S2/c1-29(2,3)40-28(36)30-20-16-34(17-20)42(37,38)21-11-9-19(10-12-21)22(15-18-7-5-6-8-18)25(35)33-27-31-23-13-14-24(39-4)32-26(23)41-27/h9-14,18,20,22H,5-8,15-17H2,1-4H3,(H,30,36)(H,31,33,35). The number of sulfonamides is 1. The van der Waals surface area contributed by atoms with Crippen LogP contribution < -0.4 is 15.4 Å². The Bertz CT molecular complexity index is 1540. The molecule has 1 saturated heterocycles. The lowest BCUT2D eigenvalue weighted by atomic mass is 9.87. The molecule has 1 aliphatic heterocycles. The molecular formula is C29H37N5O6S2. The van der Waals surface area contributed by atoms with Crippen molar-refractivity contribution in [3.05, 3.63) is 42.0 Å². The largest absolute Gasteiger partial charge is 0.481 e. The molecule has 1 atom stereocenters. The Labute approximate surface area is 250 Å². The molecule has 42 heavy (non-hydrogen) atoms. The highest BCUT2D eigenvalue weighted by Gasteiger charge is 2.38. The monoisotopic (exact) mass is 615 g/mol. The highest BCUT2D eigenvalue weighted by Crippen LogP contribution is 2.36. The molecule has 1 unspecified atom stereocenters. The van der Waals surface area contributed by atoms with Gasteiger partial charge in [0, 0.05) is 19.2 Å². The number of hydrogen-bond donors (Lipinski definition) is 2. The number of hydrogen-bond acceptors (Lipinski definition) is 9. The van der Waals surface area contributed by atoms with Crippen LogP contribution in [0.2, 0.25) is 0 Å². The number of amides is 2. The van der Waals surface area contributed by atoms with E-state index in [9.17, 15) is 18.0 Å². The van der Waals surface area contributed by atoms with E-state index >= 15 is 0 Å². The Hall–Kier alpha value is -3.29. The molecule has 2 aliphatic rings. The van der Waals surface area contributed by atoms with E-state index in [4.69, 9.17) is 9.47 Å². The average Bonchev–Trinajstić information content (AvgIpc) is 3.56. The molecule has 2 fully saturated rings. The van der Waals surface area contributed by atoms with Gasteiger partial charge in [0.15, 0.2) is 5.13 Å². The van der Waals surface area contributed by atoms with E-state index in [1.54, 1.807) is 64.3 Å². The van der Waals surface area contributed by atoms with Crippen LogP contribution in [0.25, 0.3) is 10.3 Å². The van der Waals surface area contributed by atoms with E-state index in [2.05, 4.69) is 20.6 Å². The molecule has 1 aliphatic carbocycles. The van der Waals surface area contributed by atoms with Gasteiger partial charge in [-0.1, -0.05) is 49.2 Å². The SMILES string of the molecule is COc1ccc2nc(NC(=O)C(CC3CCCC3)c3ccc(S(=O)(=O)N4CC(NC(=O)OC(C)(C)C)C4)cc3)sc2n1. The van der Waals surface area contributed by atoms with Crippen molar-refractivity contribution in [1.82, 2.24) is 19.6 Å². The summed E-state index contributed by atoms with van der Waals surface area (Å²) in [5.41, 5.74) is 0.799. The third-order valence-electron chi connectivity index (χ3n) is 7.52. The number of fused-ring (bicyclic) bond motifs is 1. The predicted molar refractivity (Wildman–Crippen MR) is 160 cm³/mol. The fourth-order valence-electron chi connectivity index (χ4n) is 5.35. The van der Waals surface area contributed by atoms with E-state index in [1.807, 2.05) is 0 Å². The molecule has 226 valence electrons. The van der Waals surface area contributed by atoms with Crippen molar-refractivity contribution < 1.29 is 27.5 Å². The van der Waals surface area contributed by atoms with Gasteiger partial charge in [0.1, 0.15) is 15.9 Å². The highest BCUT2D eigenvalue weighted by atomic mass is 32.2. The van der Waals surface area contributed by atoms with Crippen LogP contribution >= 0.6 is 11.3 Å². The zero-order valence-electron chi connectivity index (χ0n) is 24.3. The first-order valence-corrected chi connectivity index (χ1v) is 16.4. The molecule has 1 saturated carbocycles. The number of thiazole rings is 1. The minimum Gasteiger partial charge on any atom is -0.481 e. The summed E-state index contributed by atoms with van der Waals surface area (Å²) < 4.78 is 38.2. The maximum absolute atomic E-state index is 13.6. The van der Waals surface area contributed by atoms with Crippen LogP contribution in [0, 0.1) is 5.92 Å². The van der Waals surface area contributed by atoms with Crippen molar-refractivity contribution in [1.29, 1.82) is 0 Å². The van der Waals surface area contributed by atoms with Crippen LogP contribution in [-0.4, -0.2) is 66.5 Å². The van der Waals surface area contributed by atoms with E-state index in [0.717, 1.165) is 31.2 Å². The predicted octanol–water partition coefficient (Wildman–Crippen LogP) is 4.90. The lowest BCUT2D eigenvalue weighted by Crippen LogP contribution is -2.61. The van der Waals surface area contributed by atoms with Gasteiger partial charge in [-0.25, -0.2) is 23.2 Å². The summed E-state index contributed by atoms with van der Waals surface area (Å²) in [7, 11) is -2.20. The second-order valence-corrected chi connectivity index (χ2v) is 14.8. The van der Waals surface area contributed by atoms with E-state index in [0.29, 0.717) is 33.7 Å². The second kappa shape index (κ2) is 12.1. The van der Waals surface area contributed by atoms with Gasteiger partial charge in [-0.3, -0.25) is 4.79 Å². The molecule has 3 heterocycles. The third kappa shape index (κ3) is 7.01. The number of nitrogens with one attached hydrogen (secondary N) is 2. The molecule has 0 radical (unpaired) electrons. The summed E-state index contributed by atoms with van der Waals surface area (Å²) in [6.07, 6.45) is 4.58. The van der Waals surface area contributed by atoms with Gasteiger partial charge in [-0.05, 0) is 56.9 Å². The molecule has 2 aromatic heterocycles. The van der Waals surface area contributed by atoms with Crippen LogP contribution in [0.5, 0.6) is 5.88 Å². The van der Waals surface area contributed by atoms with Crippen LogP contribution in [-0.2, 0) is 19.6 Å². The van der Waals surface area contributed by atoms with Crippen molar-refractivity contribution in [2.45, 2.75) is 75.3 Å². The number of anilines is 1. The highest BCUT2D eigenvalue weighted by molar-refractivity contribution is 7.89. The zero-order chi connectivity index (χ0) is 30.1. The average molecular weight is 616 g/mol. The lowest BCUT2D eigenvalue weighted by molar-refractivity contribution is -0.118. The van der Waals surface area contributed by atoms with Crippen molar-refractivity contribution in [3.63, 3.8) is 0 Å². The molecule has 0 spiro atoms. The summed E-state index contributed by atoms with van der Waals surface area (Å²) in [6.45, 7) is 5.64. The van der Waals surface area contributed by atoms with E-state index in [1.165, 1.54) is 15.6 Å². The molecule has 1 aromatic carbocycles. The number of ether oxygens (including phenoxy) is 2. The Morgan fingerprint density at radius 3 is 2.40 bits per heavy atom. The maximum Gasteiger partial charge on any atom is 0.407 e. The fourth-order valence-corrected chi connectivity index (χ4v) is 7.72. The van der Waals surface area contributed by atoms with E-state index < -0.39 is 27.6 Å². The molecule has 2 amide bonds. The number of benzene rings is 1. The summed E-state index contributed by atoms with van der Waals surface area (Å²) in [5.74, 6) is 0.278. The van der Waals surface area contributed by atoms with Gasteiger partial charge in [-0.15, -0.1) is 0 Å². The quantitative estimate of drug-likeness (QED) is 0.347. The molecule has 11 nitrogen and oxygen atoms in total. The number of methoxy groups -OCH3 is 1. The first-order chi connectivity index (χ1) is 19.9. The first-order valence-electron chi connectivity index (χ1n) is 14.1. The normalized spacial score (nSPS) is 17.5. The van der Waals surface area contributed by atoms with Crippen LogP contribution in [0.1, 0.15) is 64.4 Å². The van der Waals surface area contributed by atoms with Crippen molar-refractivity contribution in [3.8, 4) is 5.88 Å². The van der Waals surface area contributed by atoms with Crippen LogP contribution in [0.15, 0.2) is 41.3 Å². The van der Waals surface area contributed by atoms with Gasteiger partial charge in [0.2, 0.25) is 21.8 Å². The number of alkyl carbamates (subject to hydrolysis) is 1. The van der Waals surface area contributed by atoms with Gasteiger partial charge in [-0.2, -0.15) is 4.31 Å². The number of rotatable bonds is 9. The number of aromatic nitrogens is 2. The zero-order valence-corrected chi connectivity index (χ0v) is 25.9. The lowest BCUT2D eigenvalue weighted by Gasteiger charge is -2.38. The Balaban J connectivity index is 1.27. The Morgan fingerprint density at radius 2 is 1.76 bits per heavy atom. The second-order valence-electron chi connectivity index (χ2n) is 11.9. The summed E-state index contributed by atoms with van der Waals surface area (Å²) >= 11 is 1.28. The van der Waals surface area contributed by atoms with Crippen molar-refractivity contribution >= 4 is 48.8 Å². The molecule has 13 heteroatoms. The van der Waals surface area contributed by atoms with Gasteiger partial charge in [0.25, 0.3) is 0 Å². The molecular weight excluding hydrogens is 578 g/mol. The minimum absolute atomic E-state index is 0.146. The smallest absolute Gasteiger partial charge is 0.407 e. The summed E-state index contributed by atoms with van der Waals surface area (Å²) in [4.78, 5) is 35.3. The Kier molecular flexibility index (Phi) is 8.72. The number of pyridine rings is 1. The topological polar surface area (TPSA) is 140 Å². The van der Waals surface area contributed by atoms with Crippen molar-refractivity contribution in [2.75, 3.05) is 25.5 Å². The third-order valence-corrected chi connectivity index (χ3v) is 10.2. The number of nitrogens with zero attached hydrogens (tertiary/aromatic N) is 3. The van der Waals surface area contributed by atoms with E-state index in [-0.39, 0.29) is 29.9 Å². The fraction of sp³-hybridized carbons (Fsp3) is 0.517. The number of carbonyl (C=O) groups excluding carboxylic acids is 2. The minimum atomic E-state index is -3.75. The molecule has 2 N–H and O–H groups in total.